The van der Waals surface area contributed by atoms with E-state index in [1.54, 1.807) is 0 Å². The van der Waals surface area contributed by atoms with Crippen molar-refractivity contribution in [3.63, 3.8) is 0 Å². The lowest BCUT2D eigenvalue weighted by atomic mass is 10.0. The lowest BCUT2D eigenvalue weighted by Crippen LogP contribution is -2.56. The Bertz CT molecular complexity index is 318. The molecule has 0 aliphatic carbocycles. The van der Waals surface area contributed by atoms with Gasteiger partial charge < -0.3 is 15.4 Å². The van der Waals surface area contributed by atoms with Gasteiger partial charge in [0.05, 0.1) is 6.04 Å². The molecule has 0 aromatic carbocycles. The van der Waals surface area contributed by atoms with Crippen molar-refractivity contribution in [2.75, 3.05) is 39.4 Å². The summed E-state index contributed by atoms with van der Waals surface area (Å²) in [5.41, 5.74) is 6.01. The van der Waals surface area contributed by atoms with Crippen LogP contribution in [-0.2, 0) is 9.53 Å². The van der Waals surface area contributed by atoms with Crippen LogP contribution >= 0.6 is 24.8 Å². The third-order valence-corrected chi connectivity index (χ3v) is 4.38. The summed E-state index contributed by atoms with van der Waals surface area (Å²) in [6.45, 7) is 9.57. The van der Waals surface area contributed by atoms with Crippen LogP contribution in [0, 0.1) is 5.92 Å². The molecule has 0 saturated carbocycles. The molecule has 1 atom stereocenters. The highest BCUT2D eigenvalue weighted by molar-refractivity contribution is 5.85. The molecule has 0 aromatic rings. The Kier molecular flexibility index (Phi) is 10.6. The van der Waals surface area contributed by atoms with Gasteiger partial charge in [0.15, 0.2) is 0 Å². The van der Waals surface area contributed by atoms with E-state index in [1.807, 2.05) is 4.90 Å². The molecule has 2 saturated heterocycles. The summed E-state index contributed by atoms with van der Waals surface area (Å²) in [5, 5.41) is 0. The molecule has 2 aliphatic heterocycles. The monoisotopic (exact) mass is 355 g/mol. The van der Waals surface area contributed by atoms with E-state index in [-0.39, 0.29) is 36.8 Å². The topological polar surface area (TPSA) is 58.8 Å². The summed E-state index contributed by atoms with van der Waals surface area (Å²) in [4.78, 5) is 16.7. The summed E-state index contributed by atoms with van der Waals surface area (Å²) >= 11 is 0. The van der Waals surface area contributed by atoms with Crippen molar-refractivity contribution in [2.45, 2.75) is 45.2 Å². The van der Waals surface area contributed by atoms with E-state index in [0.717, 1.165) is 58.7 Å². The Morgan fingerprint density at radius 2 is 1.68 bits per heavy atom. The van der Waals surface area contributed by atoms with Gasteiger partial charge in [-0.2, -0.15) is 0 Å². The molecule has 132 valence electrons. The van der Waals surface area contributed by atoms with Crippen LogP contribution in [-0.4, -0.2) is 67.2 Å². The molecule has 2 heterocycles. The van der Waals surface area contributed by atoms with Crippen molar-refractivity contribution in [1.29, 1.82) is 0 Å². The molecule has 0 bridgehead atoms. The van der Waals surface area contributed by atoms with Crippen molar-refractivity contribution >= 4 is 30.7 Å². The maximum atomic E-state index is 12.3. The van der Waals surface area contributed by atoms with Gasteiger partial charge in [-0.3, -0.25) is 9.69 Å². The fraction of sp³-hybridized carbons (Fsp3) is 0.933. The van der Waals surface area contributed by atoms with Gasteiger partial charge in [0.1, 0.15) is 0 Å². The van der Waals surface area contributed by atoms with Gasteiger partial charge in [-0.15, -0.1) is 24.8 Å². The van der Waals surface area contributed by atoms with Crippen molar-refractivity contribution in [3.05, 3.63) is 0 Å². The number of rotatable bonds is 4. The minimum atomic E-state index is -0.329. The van der Waals surface area contributed by atoms with E-state index >= 15 is 0 Å². The summed E-state index contributed by atoms with van der Waals surface area (Å²) in [7, 11) is 0. The van der Waals surface area contributed by atoms with Crippen LogP contribution in [0.4, 0.5) is 0 Å². The second kappa shape index (κ2) is 10.7. The van der Waals surface area contributed by atoms with Gasteiger partial charge in [-0.25, -0.2) is 0 Å². The average molecular weight is 356 g/mol. The van der Waals surface area contributed by atoms with E-state index in [4.69, 9.17) is 10.5 Å². The molecule has 1 amide bonds. The number of carbonyl (C=O) groups excluding carboxylic acids is 1. The van der Waals surface area contributed by atoms with Crippen LogP contribution < -0.4 is 5.73 Å². The largest absolute Gasteiger partial charge is 0.381 e. The van der Waals surface area contributed by atoms with E-state index in [9.17, 15) is 4.79 Å². The molecular formula is C15H31Cl2N3O2. The summed E-state index contributed by atoms with van der Waals surface area (Å²) < 4.78 is 5.41. The van der Waals surface area contributed by atoms with E-state index in [0.29, 0.717) is 12.0 Å². The number of nitrogens with zero attached hydrogens (tertiary/aromatic N) is 2. The number of carbonyl (C=O) groups is 1. The van der Waals surface area contributed by atoms with Crippen LogP contribution in [0.25, 0.3) is 0 Å². The minimum absolute atomic E-state index is 0. The highest BCUT2D eigenvalue weighted by Crippen LogP contribution is 2.17. The Hall–Kier alpha value is -0.0700. The number of piperazine rings is 1. The number of halogens is 2. The van der Waals surface area contributed by atoms with Gasteiger partial charge in [0, 0.05) is 45.4 Å². The molecular weight excluding hydrogens is 325 g/mol. The second-order valence-corrected chi connectivity index (χ2v) is 6.44. The first-order valence-corrected chi connectivity index (χ1v) is 7.94. The van der Waals surface area contributed by atoms with E-state index in [1.165, 1.54) is 0 Å². The molecule has 2 aliphatic rings. The van der Waals surface area contributed by atoms with Gasteiger partial charge in [-0.1, -0.05) is 13.8 Å². The zero-order chi connectivity index (χ0) is 14.5. The zero-order valence-corrected chi connectivity index (χ0v) is 15.3. The fourth-order valence-electron chi connectivity index (χ4n) is 3.20. The van der Waals surface area contributed by atoms with Crippen LogP contribution in [0.5, 0.6) is 0 Å². The number of amides is 1. The molecule has 2 fully saturated rings. The molecule has 0 radical (unpaired) electrons. The van der Waals surface area contributed by atoms with Gasteiger partial charge in [0.2, 0.25) is 5.91 Å². The lowest BCUT2D eigenvalue weighted by Gasteiger charge is -2.41. The van der Waals surface area contributed by atoms with Crippen LogP contribution in [0.2, 0.25) is 0 Å². The number of hydrogen-bond donors (Lipinski definition) is 1. The summed E-state index contributed by atoms with van der Waals surface area (Å²) in [6, 6.07) is 0.315. The quantitative estimate of drug-likeness (QED) is 0.830. The smallest absolute Gasteiger partial charge is 0.239 e. The van der Waals surface area contributed by atoms with Gasteiger partial charge in [0.25, 0.3) is 0 Å². The maximum absolute atomic E-state index is 12.3. The van der Waals surface area contributed by atoms with E-state index in [2.05, 4.69) is 18.7 Å². The molecule has 22 heavy (non-hydrogen) atoms. The third-order valence-electron chi connectivity index (χ3n) is 4.38. The fourth-order valence-corrected chi connectivity index (χ4v) is 3.20. The van der Waals surface area contributed by atoms with E-state index < -0.39 is 0 Å². The normalized spacial score (nSPS) is 21.9. The number of hydrogen-bond acceptors (Lipinski definition) is 4. The highest BCUT2D eigenvalue weighted by atomic mass is 35.5. The first-order chi connectivity index (χ1) is 9.58. The third kappa shape index (κ3) is 6.20. The molecule has 7 heteroatoms. The number of nitrogens with two attached hydrogens (primary N) is 1. The van der Waals surface area contributed by atoms with Crippen molar-refractivity contribution in [2.24, 2.45) is 11.7 Å². The summed E-state index contributed by atoms with van der Waals surface area (Å²) in [6.07, 6.45) is 3.03. The SMILES string of the molecule is CC(C)C[C@H](N)C(=O)N1CCN(C2CCOCC2)CC1.Cl.Cl. The van der Waals surface area contributed by atoms with Crippen molar-refractivity contribution < 1.29 is 9.53 Å². The van der Waals surface area contributed by atoms with Crippen LogP contribution in [0.15, 0.2) is 0 Å². The minimum Gasteiger partial charge on any atom is -0.381 e. The Labute approximate surface area is 146 Å². The molecule has 2 N–H and O–H groups in total. The van der Waals surface area contributed by atoms with Crippen LogP contribution in [0.1, 0.15) is 33.1 Å². The van der Waals surface area contributed by atoms with Crippen LogP contribution in [0.3, 0.4) is 0 Å². The molecule has 0 spiro atoms. The molecule has 0 unspecified atom stereocenters. The molecule has 5 nitrogen and oxygen atoms in total. The zero-order valence-electron chi connectivity index (χ0n) is 13.7. The van der Waals surface area contributed by atoms with Gasteiger partial charge in [-0.05, 0) is 25.2 Å². The first-order valence-electron chi connectivity index (χ1n) is 7.94. The predicted octanol–water partition coefficient (Wildman–Crippen LogP) is 1.53. The Morgan fingerprint density at radius 1 is 1.14 bits per heavy atom. The number of ether oxygens (including phenoxy) is 1. The van der Waals surface area contributed by atoms with Crippen molar-refractivity contribution in [1.82, 2.24) is 9.80 Å². The predicted molar refractivity (Wildman–Crippen MR) is 93.9 cm³/mol. The standard InChI is InChI=1S/C15H29N3O2.2ClH/c1-12(2)11-14(16)15(19)18-7-5-17(6-8-18)13-3-9-20-10-4-13;;/h12-14H,3-11,16H2,1-2H3;2*1H/t14-;;/m0../s1. The maximum Gasteiger partial charge on any atom is 0.239 e. The second-order valence-electron chi connectivity index (χ2n) is 6.44. The molecule has 2 rings (SSSR count). The average Bonchev–Trinajstić information content (AvgIpc) is 2.47. The lowest BCUT2D eigenvalue weighted by molar-refractivity contribution is -0.135. The first kappa shape index (κ1) is 21.9. The Balaban J connectivity index is 0.00000220. The Morgan fingerprint density at radius 3 is 2.18 bits per heavy atom. The summed E-state index contributed by atoms with van der Waals surface area (Å²) in [5.74, 6) is 0.600. The molecule has 0 aromatic heterocycles. The van der Waals surface area contributed by atoms with Crippen molar-refractivity contribution in [3.8, 4) is 0 Å². The highest BCUT2D eigenvalue weighted by Gasteiger charge is 2.29. The van der Waals surface area contributed by atoms with Gasteiger partial charge >= 0.3 is 0 Å².